The smallest absolute Gasteiger partial charge is 0.345 e. The Morgan fingerprint density at radius 3 is 2.96 bits per heavy atom. The van der Waals surface area contributed by atoms with Gasteiger partial charge in [0.2, 0.25) is 0 Å². The van der Waals surface area contributed by atoms with Crippen LogP contribution in [0, 0.1) is 0 Å². The fourth-order valence-corrected chi connectivity index (χ4v) is 4.02. The maximum Gasteiger partial charge on any atom is 0.345 e. The van der Waals surface area contributed by atoms with E-state index >= 15 is 0 Å². The predicted molar refractivity (Wildman–Crippen MR) is 99.1 cm³/mol. The lowest BCUT2D eigenvalue weighted by Gasteiger charge is -2.33. The summed E-state index contributed by atoms with van der Waals surface area (Å²) in [6, 6.07) is 9.26. The molecule has 0 aliphatic carbocycles. The molecule has 1 aromatic carbocycles. The molecular weight excluding hydrogens is 360 g/mol. The van der Waals surface area contributed by atoms with Crippen LogP contribution in [-0.4, -0.2) is 53.6 Å². The number of carbonyl (C=O) groups is 1. The summed E-state index contributed by atoms with van der Waals surface area (Å²) >= 11 is 0. The van der Waals surface area contributed by atoms with E-state index in [0.29, 0.717) is 37.4 Å². The molecule has 1 atom stereocenters. The van der Waals surface area contributed by atoms with Crippen LogP contribution in [0.25, 0.3) is 5.69 Å². The fraction of sp³-hybridized carbons (Fsp3) is 0.368. The summed E-state index contributed by atoms with van der Waals surface area (Å²) in [5.74, 6) is 0.591. The Labute approximate surface area is 160 Å². The van der Waals surface area contributed by atoms with Crippen LogP contribution < -0.4 is 5.69 Å². The summed E-state index contributed by atoms with van der Waals surface area (Å²) in [5.41, 5.74) is 0.773. The van der Waals surface area contributed by atoms with Crippen molar-refractivity contribution in [3.63, 3.8) is 0 Å². The largest absolute Gasteiger partial charge is 0.363 e. The Morgan fingerprint density at radius 2 is 2.14 bits per heavy atom. The summed E-state index contributed by atoms with van der Waals surface area (Å²) in [7, 11) is 1.64. The molecule has 1 fully saturated rings. The highest BCUT2D eigenvalue weighted by Gasteiger charge is 2.45. The lowest BCUT2D eigenvalue weighted by Crippen LogP contribution is -2.47. The lowest BCUT2D eigenvalue weighted by molar-refractivity contribution is -0.0816. The zero-order valence-electron chi connectivity index (χ0n) is 15.5. The number of fused-ring (bicyclic) bond motifs is 1. The normalized spacial score (nSPS) is 21.2. The Kier molecular flexibility index (Phi) is 3.73. The quantitative estimate of drug-likeness (QED) is 0.649. The summed E-state index contributed by atoms with van der Waals surface area (Å²) in [6.07, 6.45) is 4.24. The number of benzene rings is 1. The number of nitrogens with zero attached hydrogens (tertiary/aromatic N) is 6. The van der Waals surface area contributed by atoms with Gasteiger partial charge in [0.15, 0.2) is 5.82 Å². The fourth-order valence-electron chi connectivity index (χ4n) is 4.02. The first-order chi connectivity index (χ1) is 13.5. The van der Waals surface area contributed by atoms with Crippen molar-refractivity contribution in [3.05, 3.63) is 64.6 Å². The van der Waals surface area contributed by atoms with Crippen LogP contribution in [0.2, 0.25) is 0 Å². The van der Waals surface area contributed by atoms with Crippen LogP contribution in [0.5, 0.6) is 0 Å². The van der Waals surface area contributed by atoms with Crippen molar-refractivity contribution in [2.45, 2.75) is 25.2 Å². The standard InChI is InChI=1S/C19H20N6O3/c1-22-18(27)24-13-19(28-11-16(24)21-22)6-9-23(12-19)17(26)14-4-2-5-15(10-14)25-8-3-7-20-25/h2-5,7-8,10H,6,9,11-13H2,1H3. The SMILES string of the molecule is Cn1nc2n(c1=O)CC1(CCN(C(=O)c3cccc(-n4cccn4)c3)C1)OC2. The molecular formula is C19H20N6O3. The Bertz CT molecular complexity index is 1100. The maximum absolute atomic E-state index is 13.1. The van der Waals surface area contributed by atoms with Crippen molar-refractivity contribution >= 4 is 5.91 Å². The molecule has 0 N–H and O–H groups in total. The van der Waals surface area contributed by atoms with Crippen LogP contribution >= 0.6 is 0 Å². The average molecular weight is 380 g/mol. The minimum atomic E-state index is -0.533. The molecule has 1 spiro atoms. The summed E-state index contributed by atoms with van der Waals surface area (Å²) in [5, 5.41) is 8.41. The van der Waals surface area contributed by atoms with E-state index in [-0.39, 0.29) is 18.2 Å². The second-order valence-corrected chi connectivity index (χ2v) is 7.36. The molecule has 2 aromatic heterocycles. The van der Waals surface area contributed by atoms with E-state index in [1.165, 1.54) is 4.68 Å². The van der Waals surface area contributed by atoms with Gasteiger partial charge in [-0.3, -0.25) is 9.36 Å². The number of ether oxygens (including phenoxy) is 1. The molecule has 1 unspecified atom stereocenters. The van der Waals surface area contributed by atoms with Crippen LogP contribution in [0.1, 0.15) is 22.6 Å². The van der Waals surface area contributed by atoms with Gasteiger partial charge in [-0.15, -0.1) is 0 Å². The third-order valence-corrected chi connectivity index (χ3v) is 5.50. The number of hydrogen-bond donors (Lipinski definition) is 0. The minimum Gasteiger partial charge on any atom is -0.363 e. The van der Waals surface area contributed by atoms with Gasteiger partial charge in [0.05, 0.1) is 18.8 Å². The van der Waals surface area contributed by atoms with E-state index in [9.17, 15) is 9.59 Å². The first kappa shape index (κ1) is 16.9. The molecule has 0 radical (unpaired) electrons. The van der Waals surface area contributed by atoms with Gasteiger partial charge in [-0.05, 0) is 30.7 Å². The van der Waals surface area contributed by atoms with E-state index in [4.69, 9.17) is 4.74 Å². The van der Waals surface area contributed by atoms with E-state index in [1.54, 1.807) is 27.4 Å². The molecule has 1 amide bonds. The zero-order valence-corrected chi connectivity index (χ0v) is 15.5. The molecule has 28 heavy (non-hydrogen) atoms. The average Bonchev–Trinajstić information content (AvgIpc) is 3.44. The zero-order chi connectivity index (χ0) is 19.3. The molecule has 0 saturated carbocycles. The highest BCUT2D eigenvalue weighted by atomic mass is 16.5. The first-order valence-corrected chi connectivity index (χ1v) is 9.21. The van der Waals surface area contributed by atoms with E-state index in [0.717, 1.165) is 5.69 Å². The van der Waals surface area contributed by atoms with Gasteiger partial charge in [0.25, 0.3) is 5.91 Å². The number of aromatic nitrogens is 5. The second kappa shape index (κ2) is 6.16. The van der Waals surface area contributed by atoms with Gasteiger partial charge in [0, 0.05) is 31.5 Å². The predicted octanol–water partition coefficient (Wildman–Crippen LogP) is 0.583. The van der Waals surface area contributed by atoms with Crippen LogP contribution in [0.4, 0.5) is 0 Å². The van der Waals surface area contributed by atoms with E-state index in [2.05, 4.69) is 10.2 Å². The van der Waals surface area contributed by atoms with Crippen molar-refractivity contribution < 1.29 is 9.53 Å². The van der Waals surface area contributed by atoms with Crippen molar-refractivity contribution in [2.75, 3.05) is 13.1 Å². The van der Waals surface area contributed by atoms with Gasteiger partial charge >= 0.3 is 5.69 Å². The van der Waals surface area contributed by atoms with Crippen molar-refractivity contribution in [1.29, 1.82) is 0 Å². The van der Waals surface area contributed by atoms with Gasteiger partial charge in [-0.25, -0.2) is 14.2 Å². The summed E-state index contributed by atoms with van der Waals surface area (Å²) in [6.45, 7) is 1.76. The van der Waals surface area contributed by atoms with Crippen LogP contribution in [-0.2, 0) is 24.9 Å². The molecule has 4 heterocycles. The number of likely N-dealkylation sites (tertiary alicyclic amines) is 1. The monoisotopic (exact) mass is 380 g/mol. The number of rotatable bonds is 2. The van der Waals surface area contributed by atoms with Gasteiger partial charge in [0.1, 0.15) is 12.2 Å². The van der Waals surface area contributed by atoms with Crippen molar-refractivity contribution in [3.8, 4) is 5.69 Å². The highest BCUT2D eigenvalue weighted by Crippen LogP contribution is 2.32. The van der Waals surface area contributed by atoms with Gasteiger partial charge in [-0.2, -0.15) is 10.2 Å². The van der Waals surface area contributed by atoms with E-state index < -0.39 is 5.60 Å². The summed E-state index contributed by atoms with van der Waals surface area (Å²) < 4.78 is 10.8. The molecule has 5 rings (SSSR count). The highest BCUT2D eigenvalue weighted by molar-refractivity contribution is 5.95. The molecule has 3 aromatic rings. The Morgan fingerprint density at radius 1 is 1.25 bits per heavy atom. The van der Waals surface area contributed by atoms with Crippen molar-refractivity contribution in [1.82, 2.24) is 29.0 Å². The number of amides is 1. The molecule has 1 saturated heterocycles. The lowest BCUT2D eigenvalue weighted by atomic mass is 10.0. The topological polar surface area (TPSA) is 87.2 Å². The van der Waals surface area contributed by atoms with Gasteiger partial charge < -0.3 is 9.64 Å². The first-order valence-electron chi connectivity index (χ1n) is 9.21. The Hall–Kier alpha value is -3.20. The van der Waals surface area contributed by atoms with Gasteiger partial charge in [-0.1, -0.05) is 6.07 Å². The van der Waals surface area contributed by atoms with Crippen LogP contribution in [0.15, 0.2) is 47.5 Å². The van der Waals surface area contributed by atoms with Crippen LogP contribution in [0.3, 0.4) is 0 Å². The molecule has 144 valence electrons. The molecule has 2 aliphatic heterocycles. The molecule has 9 heteroatoms. The second-order valence-electron chi connectivity index (χ2n) is 7.36. The number of hydrogen-bond acceptors (Lipinski definition) is 5. The third-order valence-electron chi connectivity index (χ3n) is 5.50. The molecule has 0 bridgehead atoms. The summed E-state index contributed by atoms with van der Waals surface area (Å²) in [4.78, 5) is 27.1. The number of aryl methyl sites for hydroxylation is 1. The molecule has 9 nitrogen and oxygen atoms in total. The Balaban J connectivity index is 1.37. The van der Waals surface area contributed by atoms with Crippen molar-refractivity contribution in [2.24, 2.45) is 7.05 Å². The molecule has 2 aliphatic rings. The third kappa shape index (κ3) is 2.66. The van der Waals surface area contributed by atoms with E-state index in [1.807, 2.05) is 36.5 Å². The minimum absolute atomic E-state index is 0.0428. The maximum atomic E-state index is 13.1. The number of carbonyl (C=O) groups excluding carboxylic acids is 1.